The highest BCUT2D eigenvalue weighted by molar-refractivity contribution is 6.34. The Bertz CT molecular complexity index is 1240. The topological polar surface area (TPSA) is 71.2 Å². The first kappa shape index (κ1) is 20.8. The predicted octanol–water partition coefficient (Wildman–Crippen LogP) is 5.58. The molecule has 4 aromatic rings. The van der Waals surface area contributed by atoms with Gasteiger partial charge in [0.2, 0.25) is 0 Å². The number of hydrogen-bond acceptors (Lipinski definition) is 5. The lowest BCUT2D eigenvalue weighted by molar-refractivity contribution is 0.0961. The number of benzene rings is 3. The van der Waals surface area contributed by atoms with Gasteiger partial charge >= 0.3 is 0 Å². The molecule has 1 atom stereocenters. The molecule has 0 aliphatic heterocycles. The number of rotatable bonds is 6. The van der Waals surface area contributed by atoms with Gasteiger partial charge in [0, 0.05) is 42.5 Å². The van der Waals surface area contributed by atoms with E-state index < -0.39 is 6.04 Å². The zero-order valence-corrected chi connectivity index (χ0v) is 18.1. The van der Waals surface area contributed by atoms with Crippen LogP contribution in [0.5, 0.6) is 0 Å². The summed E-state index contributed by atoms with van der Waals surface area (Å²) in [6, 6.07) is 23.7. The van der Waals surface area contributed by atoms with Gasteiger partial charge < -0.3 is 16.0 Å². The summed E-state index contributed by atoms with van der Waals surface area (Å²) in [6.07, 6.45) is 0. The van der Waals surface area contributed by atoms with Gasteiger partial charge in [0.15, 0.2) is 5.78 Å². The van der Waals surface area contributed by atoms with Crippen LogP contribution in [-0.2, 0) is 0 Å². The second-order valence-corrected chi connectivity index (χ2v) is 7.91. The average molecular weight is 431 g/mol. The van der Waals surface area contributed by atoms with Gasteiger partial charge in [-0.15, -0.1) is 0 Å². The van der Waals surface area contributed by atoms with Crippen molar-refractivity contribution in [1.82, 2.24) is 4.98 Å². The van der Waals surface area contributed by atoms with Gasteiger partial charge in [-0.1, -0.05) is 54.1 Å². The Hall–Kier alpha value is -3.41. The summed E-state index contributed by atoms with van der Waals surface area (Å²) in [5.41, 5.74) is 10.2. The Morgan fingerprint density at radius 3 is 2.39 bits per heavy atom. The molecule has 3 aromatic carbocycles. The third-order valence-corrected chi connectivity index (χ3v) is 5.47. The molecule has 0 bridgehead atoms. The maximum Gasteiger partial charge on any atom is 0.185 e. The minimum atomic E-state index is -0.784. The second-order valence-electron chi connectivity index (χ2n) is 7.51. The molecule has 0 fully saturated rings. The number of halogens is 1. The molecule has 4 rings (SSSR count). The Morgan fingerprint density at radius 2 is 1.68 bits per heavy atom. The zero-order chi connectivity index (χ0) is 22.0. The third-order valence-electron chi connectivity index (χ3n) is 5.14. The molecule has 1 aromatic heterocycles. The van der Waals surface area contributed by atoms with Crippen LogP contribution in [0.15, 0.2) is 78.9 Å². The molecule has 0 saturated heterocycles. The second kappa shape index (κ2) is 8.76. The highest BCUT2D eigenvalue weighted by Crippen LogP contribution is 2.29. The number of pyridine rings is 1. The lowest BCUT2D eigenvalue weighted by atomic mass is 9.98. The number of anilines is 3. The number of nitrogens with zero attached hydrogens (tertiary/aromatic N) is 2. The van der Waals surface area contributed by atoms with Crippen molar-refractivity contribution < 1.29 is 4.79 Å². The van der Waals surface area contributed by atoms with Gasteiger partial charge in [-0.25, -0.2) is 4.98 Å². The SMILES string of the molecule is CN(C)c1cc(Nc2ccc(C(N)C(=O)c3ccccc3Cl)cc2)nc2ccccc12. The monoisotopic (exact) mass is 430 g/mol. The first-order valence-corrected chi connectivity index (χ1v) is 10.3. The molecule has 0 aliphatic rings. The molecule has 156 valence electrons. The molecule has 3 N–H and O–H groups in total. The smallest absolute Gasteiger partial charge is 0.185 e. The maximum absolute atomic E-state index is 12.7. The summed E-state index contributed by atoms with van der Waals surface area (Å²) >= 11 is 6.15. The number of nitrogens with one attached hydrogen (secondary N) is 1. The van der Waals surface area contributed by atoms with E-state index in [4.69, 9.17) is 22.3 Å². The summed E-state index contributed by atoms with van der Waals surface area (Å²) in [5, 5.41) is 4.84. The molecule has 5 nitrogen and oxygen atoms in total. The number of ketones is 1. The standard InChI is InChI=1S/C25H23ClN4O/c1-30(2)22-15-23(29-21-10-6-4-8-19(21)22)28-17-13-11-16(12-14-17)24(27)25(31)18-7-3-5-9-20(18)26/h3-15,24H,27H2,1-2H3,(H,28,29). The summed E-state index contributed by atoms with van der Waals surface area (Å²) in [4.78, 5) is 19.5. The predicted molar refractivity (Wildman–Crippen MR) is 129 cm³/mol. The average Bonchev–Trinajstić information content (AvgIpc) is 2.78. The number of carbonyl (C=O) groups excluding carboxylic acids is 1. The van der Waals surface area contributed by atoms with Gasteiger partial charge in [0.1, 0.15) is 5.82 Å². The summed E-state index contributed by atoms with van der Waals surface area (Å²) in [7, 11) is 4.02. The fraction of sp³-hybridized carbons (Fsp3) is 0.120. The third kappa shape index (κ3) is 4.38. The fourth-order valence-electron chi connectivity index (χ4n) is 3.49. The normalized spacial score (nSPS) is 11.9. The minimum absolute atomic E-state index is 0.210. The van der Waals surface area contributed by atoms with E-state index in [2.05, 4.69) is 16.3 Å². The molecular formula is C25H23ClN4O. The van der Waals surface area contributed by atoms with Crippen molar-refractivity contribution >= 4 is 45.5 Å². The van der Waals surface area contributed by atoms with Gasteiger partial charge in [0.25, 0.3) is 0 Å². The van der Waals surface area contributed by atoms with Crippen LogP contribution in [0.2, 0.25) is 5.02 Å². The molecule has 0 saturated carbocycles. The van der Waals surface area contributed by atoms with Crippen molar-refractivity contribution in [2.75, 3.05) is 24.3 Å². The molecule has 0 spiro atoms. The molecule has 0 aliphatic carbocycles. The zero-order valence-electron chi connectivity index (χ0n) is 17.3. The van der Waals surface area contributed by atoms with E-state index in [0.717, 1.165) is 33.7 Å². The molecule has 31 heavy (non-hydrogen) atoms. The van der Waals surface area contributed by atoms with Crippen molar-refractivity contribution in [3.8, 4) is 0 Å². The van der Waals surface area contributed by atoms with Gasteiger partial charge in [-0.05, 0) is 35.9 Å². The van der Waals surface area contributed by atoms with Crippen molar-refractivity contribution in [3.63, 3.8) is 0 Å². The van der Waals surface area contributed by atoms with E-state index in [9.17, 15) is 4.79 Å². The van der Waals surface area contributed by atoms with E-state index in [1.807, 2.05) is 62.6 Å². The van der Waals surface area contributed by atoms with Crippen molar-refractivity contribution in [2.24, 2.45) is 5.73 Å². The molecule has 6 heteroatoms. The molecule has 1 heterocycles. The maximum atomic E-state index is 12.7. The van der Waals surface area contributed by atoms with Crippen LogP contribution in [-0.4, -0.2) is 24.9 Å². The first-order valence-electron chi connectivity index (χ1n) is 9.92. The van der Waals surface area contributed by atoms with Crippen LogP contribution < -0.4 is 16.0 Å². The minimum Gasteiger partial charge on any atom is -0.377 e. The molecule has 0 amide bonds. The van der Waals surface area contributed by atoms with Crippen molar-refractivity contribution in [3.05, 3.63) is 95.0 Å². The van der Waals surface area contributed by atoms with Crippen molar-refractivity contribution in [2.45, 2.75) is 6.04 Å². The van der Waals surface area contributed by atoms with E-state index >= 15 is 0 Å². The van der Waals surface area contributed by atoms with Crippen LogP contribution in [0.1, 0.15) is 22.0 Å². The Morgan fingerprint density at radius 1 is 1.00 bits per heavy atom. The Labute approximate surface area is 186 Å². The van der Waals surface area contributed by atoms with Crippen LogP contribution in [0.4, 0.5) is 17.2 Å². The highest BCUT2D eigenvalue weighted by Gasteiger charge is 2.19. The molecular weight excluding hydrogens is 408 g/mol. The quantitative estimate of drug-likeness (QED) is 0.391. The number of Topliss-reactive ketones (excluding diaryl/α,β-unsaturated/α-hetero) is 1. The van der Waals surface area contributed by atoms with Crippen LogP contribution in [0, 0.1) is 0 Å². The first-order chi connectivity index (χ1) is 14.9. The summed E-state index contributed by atoms with van der Waals surface area (Å²) < 4.78 is 0. The number of para-hydroxylation sites is 1. The van der Waals surface area contributed by atoms with Crippen LogP contribution >= 0.6 is 11.6 Å². The van der Waals surface area contributed by atoms with E-state index in [1.165, 1.54) is 0 Å². The van der Waals surface area contributed by atoms with Gasteiger partial charge in [-0.2, -0.15) is 0 Å². The fourth-order valence-corrected chi connectivity index (χ4v) is 3.72. The van der Waals surface area contributed by atoms with Crippen molar-refractivity contribution in [1.29, 1.82) is 0 Å². The lowest BCUT2D eigenvalue weighted by Gasteiger charge is -2.17. The Kier molecular flexibility index (Phi) is 5.89. The Balaban J connectivity index is 1.56. The molecule has 0 radical (unpaired) electrons. The number of nitrogens with two attached hydrogens (primary N) is 1. The van der Waals surface area contributed by atoms with E-state index in [0.29, 0.717) is 10.6 Å². The lowest BCUT2D eigenvalue weighted by Crippen LogP contribution is -2.21. The number of aromatic nitrogens is 1. The van der Waals surface area contributed by atoms with Crippen LogP contribution in [0.3, 0.4) is 0 Å². The largest absolute Gasteiger partial charge is 0.377 e. The summed E-state index contributed by atoms with van der Waals surface area (Å²) in [6.45, 7) is 0. The van der Waals surface area contributed by atoms with Gasteiger partial charge in [0.05, 0.1) is 16.6 Å². The highest BCUT2D eigenvalue weighted by atomic mass is 35.5. The van der Waals surface area contributed by atoms with E-state index in [-0.39, 0.29) is 5.78 Å². The number of hydrogen-bond donors (Lipinski definition) is 2. The summed E-state index contributed by atoms with van der Waals surface area (Å²) in [5.74, 6) is 0.532. The number of carbonyl (C=O) groups is 1. The van der Waals surface area contributed by atoms with E-state index in [1.54, 1.807) is 24.3 Å². The molecule has 1 unspecified atom stereocenters. The van der Waals surface area contributed by atoms with Gasteiger partial charge in [-0.3, -0.25) is 4.79 Å². The number of fused-ring (bicyclic) bond motifs is 1. The van der Waals surface area contributed by atoms with Crippen LogP contribution in [0.25, 0.3) is 10.9 Å².